The molecule has 6 nitrogen and oxygen atoms in total. The number of rotatable bonds is 10. The smallest absolute Gasteiger partial charge is 0.335 e. The van der Waals surface area contributed by atoms with Crippen LogP contribution in [0.25, 0.3) is 6.08 Å². The molecule has 1 aliphatic heterocycles. The lowest BCUT2D eigenvalue weighted by Gasteiger charge is -2.26. The van der Waals surface area contributed by atoms with E-state index in [-0.39, 0.29) is 11.3 Å². The SMILES string of the molecule is CCCCCCCCOc1ccc(Br)cc1/C=C1\C(=O)NC(=O)N(c2ccc(F)cc2)C1=O. The first-order valence-electron chi connectivity index (χ1n) is 11.0. The molecule has 0 aromatic heterocycles. The van der Waals surface area contributed by atoms with Gasteiger partial charge < -0.3 is 4.74 Å². The Hall–Kier alpha value is -3.00. The van der Waals surface area contributed by atoms with Gasteiger partial charge in [0.1, 0.15) is 17.1 Å². The molecule has 8 heteroatoms. The highest BCUT2D eigenvalue weighted by Crippen LogP contribution is 2.28. The number of nitrogens with one attached hydrogen (secondary N) is 1. The number of anilines is 1. The van der Waals surface area contributed by atoms with Gasteiger partial charge in [0.15, 0.2) is 0 Å². The fourth-order valence-electron chi connectivity index (χ4n) is 3.47. The number of hydrogen-bond acceptors (Lipinski definition) is 4. The Labute approximate surface area is 200 Å². The van der Waals surface area contributed by atoms with Crippen molar-refractivity contribution in [3.63, 3.8) is 0 Å². The summed E-state index contributed by atoms with van der Waals surface area (Å²) in [6.45, 7) is 2.70. The minimum absolute atomic E-state index is 0.158. The highest BCUT2D eigenvalue weighted by atomic mass is 79.9. The third kappa shape index (κ3) is 6.51. The number of nitrogens with zero attached hydrogens (tertiary/aromatic N) is 1. The molecule has 0 atom stereocenters. The minimum atomic E-state index is -0.887. The lowest BCUT2D eigenvalue weighted by atomic mass is 10.1. The van der Waals surface area contributed by atoms with Gasteiger partial charge in [-0.1, -0.05) is 55.0 Å². The third-order valence-corrected chi connectivity index (χ3v) is 5.71. The average Bonchev–Trinajstić information content (AvgIpc) is 2.78. The van der Waals surface area contributed by atoms with Crippen LogP contribution in [0.5, 0.6) is 5.75 Å². The van der Waals surface area contributed by atoms with Gasteiger partial charge in [0.2, 0.25) is 0 Å². The van der Waals surface area contributed by atoms with Gasteiger partial charge in [-0.05, 0) is 55.0 Å². The number of barbiturate groups is 1. The number of ether oxygens (including phenoxy) is 1. The van der Waals surface area contributed by atoms with E-state index in [1.54, 1.807) is 12.1 Å². The molecule has 0 radical (unpaired) electrons. The van der Waals surface area contributed by atoms with Crippen molar-refractivity contribution in [1.82, 2.24) is 5.32 Å². The molecule has 4 amide bonds. The van der Waals surface area contributed by atoms with Crippen LogP contribution in [0.1, 0.15) is 51.0 Å². The third-order valence-electron chi connectivity index (χ3n) is 5.21. The minimum Gasteiger partial charge on any atom is -0.493 e. The highest BCUT2D eigenvalue weighted by molar-refractivity contribution is 9.10. The van der Waals surface area contributed by atoms with Crippen molar-refractivity contribution in [2.75, 3.05) is 11.5 Å². The van der Waals surface area contributed by atoms with E-state index < -0.39 is 23.7 Å². The van der Waals surface area contributed by atoms with Gasteiger partial charge in [0.05, 0.1) is 12.3 Å². The molecule has 1 saturated heterocycles. The number of carbonyl (C=O) groups excluding carboxylic acids is 3. The van der Waals surface area contributed by atoms with E-state index in [2.05, 4.69) is 28.2 Å². The second-order valence-electron chi connectivity index (χ2n) is 7.73. The largest absolute Gasteiger partial charge is 0.493 e. The van der Waals surface area contributed by atoms with Crippen LogP contribution in [0.2, 0.25) is 0 Å². The van der Waals surface area contributed by atoms with E-state index >= 15 is 0 Å². The van der Waals surface area contributed by atoms with Crippen molar-refractivity contribution in [3.05, 3.63) is 63.9 Å². The first-order chi connectivity index (χ1) is 15.9. The summed E-state index contributed by atoms with van der Waals surface area (Å²) in [4.78, 5) is 38.6. The molecule has 0 aliphatic carbocycles. The molecular formula is C25H26BrFN2O4. The number of carbonyl (C=O) groups is 3. The maximum atomic E-state index is 13.3. The maximum absolute atomic E-state index is 13.3. The number of unbranched alkanes of at least 4 members (excludes halogenated alkanes) is 5. The Morgan fingerprint density at radius 2 is 1.70 bits per heavy atom. The van der Waals surface area contributed by atoms with Gasteiger partial charge >= 0.3 is 6.03 Å². The van der Waals surface area contributed by atoms with Crippen molar-refractivity contribution in [2.24, 2.45) is 0 Å². The van der Waals surface area contributed by atoms with Crippen LogP contribution in [-0.2, 0) is 9.59 Å². The number of imide groups is 2. The number of amides is 4. The monoisotopic (exact) mass is 516 g/mol. The predicted molar refractivity (Wildman–Crippen MR) is 128 cm³/mol. The summed E-state index contributed by atoms with van der Waals surface area (Å²) in [6.07, 6.45) is 8.19. The van der Waals surface area contributed by atoms with Crippen molar-refractivity contribution in [1.29, 1.82) is 0 Å². The fraction of sp³-hybridized carbons (Fsp3) is 0.320. The van der Waals surface area contributed by atoms with Gasteiger partial charge in [-0.25, -0.2) is 14.1 Å². The van der Waals surface area contributed by atoms with Gasteiger partial charge in [-0.2, -0.15) is 0 Å². The summed E-state index contributed by atoms with van der Waals surface area (Å²) in [5, 5.41) is 2.17. The normalized spacial score (nSPS) is 15.2. The number of urea groups is 1. The highest BCUT2D eigenvalue weighted by Gasteiger charge is 2.37. The standard InChI is InChI=1S/C25H26BrFN2O4/c1-2-3-4-5-6-7-14-33-22-13-8-18(26)15-17(22)16-21-23(30)28-25(32)29(24(21)31)20-11-9-19(27)10-12-20/h8-13,15-16H,2-7,14H2,1H3,(H,28,30,32)/b21-16+. The lowest BCUT2D eigenvalue weighted by Crippen LogP contribution is -2.54. The van der Waals surface area contributed by atoms with Gasteiger partial charge in [-0.15, -0.1) is 0 Å². The summed E-state index contributed by atoms with van der Waals surface area (Å²) in [5.74, 6) is -1.57. The van der Waals surface area contributed by atoms with Crippen LogP contribution in [0.4, 0.5) is 14.9 Å². The van der Waals surface area contributed by atoms with Crippen molar-refractivity contribution >= 4 is 45.5 Å². The van der Waals surface area contributed by atoms with Crippen LogP contribution < -0.4 is 15.0 Å². The second-order valence-corrected chi connectivity index (χ2v) is 8.65. The Kier molecular flexibility index (Phi) is 8.77. The van der Waals surface area contributed by atoms with Gasteiger partial charge in [0.25, 0.3) is 11.8 Å². The first-order valence-corrected chi connectivity index (χ1v) is 11.8. The van der Waals surface area contributed by atoms with E-state index in [1.807, 2.05) is 6.07 Å². The number of benzene rings is 2. The van der Waals surface area contributed by atoms with Crippen LogP contribution in [0, 0.1) is 5.82 Å². The van der Waals surface area contributed by atoms with Crippen LogP contribution in [-0.4, -0.2) is 24.5 Å². The Morgan fingerprint density at radius 1 is 1.00 bits per heavy atom. The summed E-state index contributed by atoms with van der Waals surface area (Å²) in [5.41, 5.74) is 0.467. The zero-order valence-electron chi connectivity index (χ0n) is 18.4. The second kappa shape index (κ2) is 11.7. The number of halogens is 2. The molecule has 2 aromatic rings. The van der Waals surface area contributed by atoms with Crippen molar-refractivity contribution in [3.8, 4) is 5.75 Å². The van der Waals surface area contributed by atoms with Crippen LogP contribution in [0.15, 0.2) is 52.5 Å². The fourth-order valence-corrected chi connectivity index (χ4v) is 3.84. The van der Waals surface area contributed by atoms with Crippen LogP contribution in [0.3, 0.4) is 0 Å². The summed E-state index contributed by atoms with van der Waals surface area (Å²) in [6, 6.07) is 9.31. The first kappa shape index (κ1) is 24.6. The van der Waals surface area contributed by atoms with E-state index in [1.165, 1.54) is 37.5 Å². The zero-order chi connectivity index (χ0) is 23.8. The lowest BCUT2D eigenvalue weighted by molar-refractivity contribution is -0.122. The molecule has 2 aromatic carbocycles. The molecule has 1 N–H and O–H groups in total. The quantitative estimate of drug-likeness (QED) is 0.239. The molecule has 3 rings (SSSR count). The predicted octanol–water partition coefficient (Wildman–Crippen LogP) is 5.99. The molecule has 1 fully saturated rings. The summed E-state index contributed by atoms with van der Waals surface area (Å²) < 4.78 is 19.9. The maximum Gasteiger partial charge on any atom is 0.335 e. The molecule has 33 heavy (non-hydrogen) atoms. The van der Waals surface area contributed by atoms with E-state index in [4.69, 9.17) is 4.74 Å². The average molecular weight is 517 g/mol. The van der Waals surface area contributed by atoms with Crippen molar-refractivity contribution < 1.29 is 23.5 Å². The molecule has 0 bridgehead atoms. The van der Waals surface area contributed by atoms with Crippen LogP contribution >= 0.6 is 15.9 Å². The zero-order valence-corrected chi connectivity index (χ0v) is 20.0. The molecule has 0 saturated carbocycles. The molecule has 1 heterocycles. The summed E-state index contributed by atoms with van der Waals surface area (Å²) in [7, 11) is 0. The Morgan fingerprint density at radius 3 is 2.42 bits per heavy atom. The molecule has 174 valence electrons. The van der Waals surface area contributed by atoms with E-state index in [9.17, 15) is 18.8 Å². The molecule has 0 unspecified atom stereocenters. The Balaban J connectivity index is 1.79. The van der Waals surface area contributed by atoms with Gasteiger partial charge in [-0.3, -0.25) is 14.9 Å². The van der Waals surface area contributed by atoms with E-state index in [0.29, 0.717) is 17.9 Å². The molecule has 1 aliphatic rings. The summed E-state index contributed by atoms with van der Waals surface area (Å²) >= 11 is 3.40. The van der Waals surface area contributed by atoms with Crippen molar-refractivity contribution in [2.45, 2.75) is 45.4 Å². The molecular weight excluding hydrogens is 491 g/mol. The topological polar surface area (TPSA) is 75.7 Å². The molecule has 0 spiro atoms. The van der Waals surface area contributed by atoms with Gasteiger partial charge in [0, 0.05) is 10.0 Å². The Bertz CT molecular complexity index is 1050. The number of hydrogen-bond donors (Lipinski definition) is 1. The van der Waals surface area contributed by atoms with E-state index in [0.717, 1.165) is 40.8 Å².